The fourth-order valence-corrected chi connectivity index (χ4v) is 3.77. The number of nitrogens with one attached hydrogen (secondary N) is 2. The highest BCUT2D eigenvalue weighted by Crippen LogP contribution is 2.17. The van der Waals surface area contributed by atoms with Crippen molar-refractivity contribution in [1.29, 1.82) is 0 Å². The van der Waals surface area contributed by atoms with Crippen molar-refractivity contribution in [3.63, 3.8) is 0 Å². The third kappa shape index (κ3) is 14.7. The van der Waals surface area contributed by atoms with E-state index >= 15 is 0 Å². The van der Waals surface area contributed by atoms with Crippen LogP contribution in [0, 0.1) is 0 Å². The monoisotopic (exact) mass is 354 g/mol. The topological polar surface area (TPSA) is 76.1 Å². The third-order valence-corrected chi connectivity index (χ3v) is 5.54. The number of hydrogen-bond donors (Lipinski definition) is 4. The minimum atomic E-state index is 0.469. The normalized spacial score (nSPS) is 20.9. The van der Waals surface area contributed by atoms with E-state index in [-0.39, 0.29) is 0 Å². The van der Waals surface area contributed by atoms with Crippen molar-refractivity contribution in [3.05, 3.63) is 0 Å². The maximum Gasteiger partial charge on any atom is 0.00682 e. The van der Waals surface area contributed by atoms with Crippen LogP contribution in [-0.4, -0.2) is 38.3 Å². The van der Waals surface area contributed by atoms with Gasteiger partial charge in [0, 0.05) is 12.1 Å². The molecule has 0 radical (unpaired) electrons. The second kappa shape index (κ2) is 17.3. The van der Waals surface area contributed by atoms with Gasteiger partial charge in [0.1, 0.15) is 0 Å². The van der Waals surface area contributed by atoms with Crippen LogP contribution in [0.1, 0.15) is 96.3 Å². The molecule has 150 valence electrons. The number of rotatable bonds is 17. The molecule has 1 rings (SSSR count). The van der Waals surface area contributed by atoms with E-state index in [0.29, 0.717) is 6.04 Å². The quantitative estimate of drug-likeness (QED) is 0.301. The van der Waals surface area contributed by atoms with Crippen molar-refractivity contribution in [2.75, 3.05) is 26.2 Å². The molecule has 0 bridgehead atoms. The standard InChI is InChI=1S/C21H46N4/c22-16-11-18-24-17-9-7-5-3-1-2-4-6-8-10-19-25-21-14-12-20(23)13-15-21/h20-21,24-25H,1-19,22-23H2. The number of nitrogens with two attached hydrogens (primary N) is 2. The van der Waals surface area contributed by atoms with Gasteiger partial charge in [0.2, 0.25) is 0 Å². The van der Waals surface area contributed by atoms with Gasteiger partial charge in [-0.3, -0.25) is 0 Å². The van der Waals surface area contributed by atoms with E-state index in [1.54, 1.807) is 0 Å². The molecule has 0 spiro atoms. The highest BCUT2D eigenvalue weighted by atomic mass is 14.9. The summed E-state index contributed by atoms with van der Waals surface area (Å²) in [6, 6.07) is 1.21. The average molecular weight is 355 g/mol. The molecule has 6 N–H and O–H groups in total. The van der Waals surface area contributed by atoms with Gasteiger partial charge in [-0.1, -0.05) is 51.4 Å². The zero-order valence-corrected chi connectivity index (χ0v) is 16.7. The van der Waals surface area contributed by atoms with E-state index in [2.05, 4.69) is 10.6 Å². The van der Waals surface area contributed by atoms with Crippen LogP contribution in [0.15, 0.2) is 0 Å². The molecular formula is C21H46N4. The van der Waals surface area contributed by atoms with Crippen molar-refractivity contribution in [2.24, 2.45) is 11.5 Å². The largest absolute Gasteiger partial charge is 0.330 e. The lowest BCUT2D eigenvalue weighted by Gasteiger charge is -2.26. The molecule has 4 heteroatoms. The zero-order valence-electron chi connectivity index (χ0n) is 16.7. The summed E-state index contributed by atoms with van der Waals surface area (Å²) >= 11 is 0. The summed E-state index contributed by atoms with van der Waals surface area (Å²) in [6.07, 6.45) is 20.1. The fourth-order valence-electron chi connectivity index (χ4n) is 3.77. The molecule has 0 saturated heterocycles. The van der Waals surface area contributed by atoms with E-state index < -0.39 is 0 Å². The molecule has 0 aromatic rings. The molecule has 0 atom stereocenters. The van der Waals surface area contributed by atoms with Crippen LogP contribution in [0.3, 0.4) is 0 Å². The van der Waals surface area contributed by atoms with Gasteiger partial charge in [-0.25, -0.2) is 0 Å². The second-order valence-electron chi connectivity index (χ2n) is 7.99. The van der Waals surface area contributed by atoms with Gasteiger partial charge in [-0.2, -0.15) is 0 Å². The van der Waals surface area contributed by atoms with Crippen molar-refractivity contribution in [2.45, 2.75) is 108 Å². The summed E-state index contributed by atoms with van der Waals surface area (Å²) in [5, 5.41) is 7.18. The summed E-state index contributed by atoms with van der Waals surface area (Å²) in [5.41, 5.74) is 11.4. The Bertz CT molecular complexity index is 265. The first-order valence-electron chi connectivity index (χ1n) is 11.2. The fraction of sp³-hybridized carbons (Fsp3) is 1.00. The van der Waals surface area contributed by atoms with E-state index in [0.717, 1.165) is 25.6 Å². The lowest BCUT2D eigenvalue weighted by atomic mass is 9.92. The molecule has 0 aromatic carbocycles. The molecular weight excluding hydrogens is 308 g/mol. The van der Waals surface area contributed by atoms with Crippen molar-refractivity contribution in [3.8, 4) is 0 Å². The summed E-state index contributed by atoms with van der Waals surface area (Å²) in [5.74, 6) is 0. The van der Waals surface area contributed by atoms with Crippen molar-refractivity contribution in [1.82, 2.24) is 10.6 Å². The lowest BCUT2D eigenvalue weighted by Crippen LogP contribution is -2.37. The maximum absolute atomic E-state index is 5.95. The molecule has 25 heavy (non-hydrogen) atoms. The van der Waals surface area contributed by atoms with E-state index in [4.69, 9.17) is 11.5 Å². The van der Waals surface area contributed by atoms with Crippen LogP contribution in [0.25, 0.3) is 0 Å². The Morgan fingerprint density at radius 1 is 0.600 bits per heavy atom. The number of hydrogen-bond acceptors (Lipinski definition) is 4. The van der Waals surface area contributed by atoms with Crippen LogP contribution < -0.4 is 22.1 Å². The zero-order chi connectivity index (χ0) is 18.0. The second-order valence-corrected chi connectivity index (χ2v) is 7.99. The predicted molar refractivity (Wildman–Crippen MR) is 111 cm³/mol. The summed E-state index contributed by atoms with van der Waals surface area (Å²) in [4.78, 5) is 0. The van der Waals surface area contributed by atoms with Crippen LogP contribution in [-0.2, 0) is 0 Å². The first kappa shape index (κ1) is 22.9. The van der Waals surface area contributed by atoms with Crippen LogP contribution in [0.5, 0.6) is 0 Å². The van der Waals surface area contributed by atoms with E-state index in [9.17, 15) is 0 Å². The Balaban J connectivity index is 1.68. The molecule has 1 fully saturated rings. The predicted octanol–water partition coefficient (Wildman–Crippen LogP) is 3.69. The van der Waals surface area contributed by atoms with Gasteiger partial charge in [-0.15, -0.1) is 0 Å². The van der Waals surface area contributed by atoms with E-state index in [1.807, 2.05) is 0 Å². The Hall–Kier alpha value is -0.160. The molecule has 0 unspecified atom stereocenters. The van der Waals surface area contributed by atoms with Crippen LogP contribution in [0.4, 0.5) is 0 Å². The van der Waals surface area contributed by atoms with Gasteiger partial charge in [0.05, 0.1) is 0 Å². The molecule has 1 aliphatic carbocycles. The molecule has 4 nitrogen and oxygen atoms in total. The molecule has 0 heterocycles. The minimum Gasteiger partial charge on any atom is -0.330 e. The SMILES string of the molecule is NCCCNCCCCCCCCCCCCNC1CCC(N)CC1. The van der Waals surface area contributed by atoms with Crippen molar-refractivity contribution >= 4 is 0 Å². The van der Waals surface area contributed by atoms with Gasteiger partial charge in [0.15, 0.2) is 0 Å². The van der Waals surface area contributed by atoms with Gasteiger partial charge >= 0.3 is 0 Å². The molecule has 0 aromatic heterocycles. The summed E-state index contributed by atoms with van der Waals surface area (Å²) in [6.45, 7) is 4.26. The molecule has 1 saturated carbocycles. The van der Waals surface area contributed by atoms with Crippen LogP contribution >= 0.6 is 0 Å². The van der Waals surface area contributed by atoms with Gasteiger partial charge < -0.3 is 22.1 Å². The Kier molecular flexibility index (Phi) is 15.8. The van der Waals surface area contributed by atoms with Crippen molar-refractivity contribution < 1.29 is 0 Å². The van der Waals surface area contributed by atoms with Crippen LogP contribution in [0.2, 0.25) is 0 Å². The van der Waals surface area contributed by atoms with Gasteiger partial charge in [-0.05, 0) is 71.1 Å². The molecule has 1 aliphatic rings. The highest BCUT2D eigenvalue weighted by molar-refractivity contribution is 4.78. The Morgan fingerprint density at radius 3 is 1.64 bits per heavy atom. The Morgan fingerprint density at radius 2 is 1.08 bits per heavy atom. The summed E-state index contributed by atoms with van der Waals surface area (Å²) < 4.78 is 0. The summed E-state index contributed by atoms with van der Waals surface area (Å²) in [7, 11) is 0. The molecule has 0 amide bonds. The molecule has 0 aliphatic heterocycles. The van der Waals surface area contributed by atoms with E-state index in [1.165, 1.54) is 103 Å². The Labute approximate surface area is 157 Å². The first-order chi connectivity index (χ1) is 12.3. The first-order valence-corrected chi connectivity index (χ1v) is 11.2. The maximum atomic E-state index is 5.95. The third-order valence-electron chi connectivity index (χ3n) is 5.54. The number of unbranched alkanes of at least 4 members (excludes halogenated alkanes) is 9. The highest BCUT2D eigenvalue weighted by Gasteiger charge is 2.17. The minimum absolute atomic E-state index is 0.469. The smallest absolute Gasteiger partial charge is 0.00682 e. The average Bonchev–Trinajstić information content (AvgIpc) is 2.63. The van der Waals surface area contributed by atoms with Gasteiger partial charge in [0.25, 0.3) is 0 Å². The lowest BCUT2D eigenvalue weighted by molar-refractivity contribution is 0.340.